The minimum atomic E-state index is -0.384. The molecule has 0 aliphatic rings. The molecule has 0 aromatic heterocycles. The van der Waals surface area contributed by atoms with Crippen molar-refractivity contribution in [1.29, 1.82) is 0 Å². The standard InChI is InChI=1S/C16H14ClN3O/c17-13-8-2-4-10-15(13)20-16(21)19-14-9-3-1-6-12(14)7-5-11-18/h1-4,6,8-10H,11,18H2,(H2,19,20,21). The van der Waals surface area contributed by atoms with Crippen LogP contribution in [0.1, 0.15) is 5.56 Å². The van der Waals surface area contributed by atoms with Crippen LogP contribution in [0.2, 0.25) is 5.02 Å². The quantitative estimate of drug-likeness (QED) is 0.745. The lowest BCUT2D eigenvalue weighted by atomic mass is 10.2. The molecule has 0 atom stereocenters. The van der Waals surface area contributed by atoms with Gasteiger partial charge in [0.15, 0.2) is 0 Å². The van der Waals surface area contributed by atoms with Gasteiger partial charge in [0.2, 0.25) is 0 Å². The second-order valence-electron chi connectivity index (χ2n) is 4.11. The minimum absolute atomic E-state index is 0.264. The van der Waals surface area contributed by atoms with E-state index < -0.39 is 0 Å². The van der Waals surface area contributed by atoms with E-state index in [4.69, 9.17) is 17.3 Å². The molecule has 0 radical (unpaired) electrons. The second kappa shape index (κ2) is 7.34. The summed E-state index contributed by atoms with van der Waals surface area (Å²) in [6.07, 6.45) is 0. The Hall–Kier alpha value is -2.48. The van der Waals surface area contributed by atoms with Crippen LogP contribution in [0.25, 0.3) is 0 Å². The number of urea groups is 1. The van der Waals surface area contributed by atoms with Crippen molar-refractivity contribution in [3.05, 3.63) is 59.1 Å². The third-order valence-corrected chi connectivity index (χ3v) is 2.95. The predicted octanol–water partition coefficient (Wildman–Crippen LogP) is 3.29. The summed E-state index contributed by atoms with van der Waals surface area (Å²) in [6.45, 7) is 0.264. The zero-order valence-electron chi connectivity index (χ0n) is 11.2. The van der Waals surface area contributed by atoms with Crippen molar-refractivity contribution in [3.8, 4) is 11.8 Å². The first-order valence-corrected chi connectivity index (χ1v) is 6.69. The number of benzene rings is 2. The summed E-state index contributed by atoms with van der Waals surface area (Å²) in [5.74, 6) is 5.67. The first-order chi connectivity index (χ1) is 10.2. The highest BCUT2D eigenvalue weighted by molar-refractivity contribution is 6.33. The van der Waals surface area contributed by atoms with Crippen molar-refractivity contribution in [1.82, 2.24) is 0 Å². The van der Waals surface area contributed by atoms with Gasteiger partial charge in [0.1, 0.15) is 0 Å². The topological polar surface area (TPSA) is 67.1 Å². The molecule has 106 valence electrons. The summed E-state index contributed by atoms with van der Waals surface area (Å²) in [5.41, 5.74) is 7.22. The molecule has 0 aliphatic carbocycles. The SMILES string of the molecule is NCC#Cc1ccccc1NC(=O)Nc1ccccc1Cl. The Morgan fingerprint density at radius 1 is 1.05 bits per heavy atom. The smallest absolute Gasteiger partial charge is 0.320 e. The van der Waals surface area contributed by atoms with Crippen LogP contribution < -0.4 is 16.4 Å². The Bertz CT molecular complexity index is 704. The first kappa shape index (κ1) is 14.9. The first-order valence-electron chi connectivity index (χ1n) is 6.31. The second-order valence-corrected chi connectivity index (χ2v) is 4.52. The molecule has 0 unspecified atom stereocenters. The van der Waals surface area contributed by atoms with E-state index in [1.165, 1.54) is 0 Å². The van der Waals surface area contributed by atoms with Gasteiger partial charge in [0.05, 0.1) is 22.9 Å². The molecule has 0 bridgehead atoms. The number of nitrogens with two attached hydrogens (primary N) is 1. The maximum Gasteiger partial charge on any atom is 0.323 e. The summed E-state index contributed by atoms with van der Waals surface area (Å²) >= 11 is 5.99. The van der Waals surface area contributed by atoms with E-state index >= 15 is 0 Å². The molecule has 0 saturated carbocycles. The Morgan fingerprint density at radius 3 is 2.38 bits per heavy atom. The van der Waals surface area contributed by atoms with Crippen LogP contribution in [-0.2, 0) is 0 Å². The average molecular weight is 300 g/mol. The molecule has 2 aromatic carbocycles. The zero-order chi connectivity index (χ0) is 15.1. The van der Waals surface area contributed by atoms with Gasteiger partial charge in [-0.3, -0.25) is 0 Å². The van der Waals surface area contributed by atoms with Crippen molar-refractivity contribution in [2.24, 2.45) is 5.73 Å². The van der Waals surface area contributed by atoms with E-state index in [0.717, 1.165) is 0 Å². The Balaban J connectivity index is 2.12. The highest BCUT2D eigenvalue weighted by atomic mass is 35.5. The van der Waals surface area contributed by atoms with Crippen LogP contribution in [0.5, 0.6) is 0 Å². The molecule has 2 rings (SSSR count). The maximum absolute atomic E-state index is 12.0. The molecule has 2 amide bonds. The summed E-state index contributed by atoms with van der Waals surface area (Å²) in [7, 11) is 0. The largest absolute Gasteiger partial charge is 0.323 e. The maximum atomic E-state index is 12.0. The summed E-state index contributed by atoms with van der Waals surface area (Å²) in [6, 6.07) is 13.9. The normalized spacial score (nSPS) is 9.43. The van der Waals surface area contributed by atoms with E-state index in [0.29, 0.717) is 22.0 Å². The van der Waals surface area contributed by atoms with Gasteiger partial charge in [-0.1, -0.05) is 47.7 Å². The van der Waals surface area contributed by atoms with E-state index in [9.17, 15) is 4.79 Å². The number of carbonyl (C=O) groups is 1. The lowest BCUT2D eigenvalue weighted by Gasteiger charge is -2.10. The lowest BCUT2D eigenvalue weighted by Crippen LogP contribution is -2.20. The predicted molar refractivity (Wildman–Crippen MR) is 86.5 cm³/mol. The monoisotopic (exact) mass is 299 g/mol. The average Bonchev–Trinajstić information content (AvgIpc) is 2.49. The fraction of sp³-hybridized carbons (Fsp3) is 0.0625. The number of hydrogen-bond donors (Lipinski definition) is 3. The van der Waals surface area contributed by atoms with E-state index in [-0.39, 0.29) is 12.6 Å². The molecule has 21 heavy (non-hydrogen) atoms. The van der Waals surface area contributed by atoms with E-state index in [2.05, 4.69) is 22.5 Å². The van der Waals surface area contributed by atoms with Gasteiger partial charge < -0.3 is 16.4 Å². The van der Waals surface area contributed by atoms with E-state index in [1.807, 2.05) is 18.2 Å². The number of nitrogens with one attached hydrogen (secondary N) is 2. The van der Waals surface area contributed by atoms with Crippen molar-refractivity contribution in [3.63, 3.8) is 0 Å². The number of anilines is 2. The van der Waals surface area contributed by atoms with Crippen LogP contribution in [0.4, 0.5) is 16.2 Å². The van der Waals surface area contributed by atoms with Crippen molar-refractivity contribution in [2.75, 3.05) is 17.2 Å². The van der Waals surface area contributed by atoms with Crippen LogP contribution >= 0.6 is 11.6 Å². The number of hydrogen-bond acceptors (Lipinski definition) is 2. The highest BCUT2D eigenvalue weighted by Gasteiger charge is 2.07. The van der Waals surface area contributed by atoms with Gasteiger partial charge in [0.25, 0.3) is 0 Å². The summed E-state index contributed by atoms with van der Waals surface area (Å²) in [4.78, 5) is 12.0. The van der Waals surface area contributed by atoms with Crippen molar-refractivity contribution < 1.29 is 4.79 Å². The van der Waals surface area contributed by atoms with Crippen LogP contribution in [0, 0.1) is 11.8 Å². The minimum Gasteiger partial charge on any atom is -0.320 e. The fourth-order valence-corrected chi connectivity index (χ4v) is 1.87. The van der Waals surface area contributed by atoms with Crippen molar-refractivity contribution >= 4 is 29.0 Å². The molecule has 4 nitrogen and oxygen atoms in total. The third kappa shape index (κ3) is 4.25. The fourth-order valence-electron chi connectivity index (χ4n) is 1.69. The highest BCUT2D eigenvalue weighted by Crippen LogP contribution is 2.21. The molecule has 5 heteroatoms. The van der Waals surface area contributed by atoms with Gasteiger partial charge in [-0.2, -0.15) is 0 Å². The third-order valence-electron chi connectivity index (χ3n) is 2.62. The lowest BCUT2D eigenvalue weighted by molar-refractivity contribution is 0.262. The van der Waals surface area contributed by atoms with Gasteiger partial charge in [0, 0.05) is 5.56 Å². The van der Waals surface area contributed by atoms with E-state index in [1.54, 1.807) is 30.3 Å². The van der Waals surface area contributed by atoms with Crippen LogP contribution in [-0.4, -0.2) is 12.6 Å². The molecule has 0 aliphatic heterocycles. The molecular formula is C16H14ClN3O. The van der Waals surface area contributed by atoms with Crippen LogP contribution in [0.15, 0.2) is 48.5 Å². The molecular weight excluding hydrogens is 286 g/mol. The van der Waals surface area contributed by atoms with Crippen LogP contribution in [0.3, 0.4) is 0 Å². The van der Waals surface area contributed by atoms with Crippen molar-refractivity contribution in [2.45, 2.75) is 0 Å². The van der Waals surface area contributed by atoms with Gasteiger partial charge in [-0.05, 0) is 24.3 Å². The number of amides is 2. The Morgan fingerprint density at radius 2 is 1.67 bits per heavy atom. The number of halogens is 1. The van der Waals surface area contributed by atoms with Gasteiger partial charge >= 0.3 is 6.03 Å². The summed E-state index contributed by atoms with van der Waals surface area (Å²) in [5, 5.41) is 5.91. The zero-order valence-corrected chi connectivity index (χ0v) is 11.9. The number of rotatable bonds is 2. The van der Waals surface area contributed by atoms with Gasteiger partial charge in [-0.25, -0.2) is 4.79 Å². The summed E-state index contributed by atoms with van der Waals surface area (Å²) < 4.78 is 0. The molecule has 0 spiro atoms. The molecule has 0 heterocycles. The molecule has 0 fully saturated rings. The molecule has 0 saturated heterocycles. The molecule has 4 N–H and O–H groups in total. The Labute approximate surface area is 128 Å². The Kier molecular flexibility index (Phi) is 5.22. The number of para-hydroxylation sites is 2. The number of carbonyl (C=O) groups excluding carboxylic acids is 1. The molecule has 2 aromatic rings. The van der Waals surface area contributed by atoms with Gasteiger partial charge in [-0.15, -0.1) is 0 Å².